The van der Waals surface area contributed by atoms with E-state index >= 15 is 0 Å². The smallest absolute Gasteiger partial charge is 0.324 e. The molecule has 2 aliphatic heterocycles. The fraction of sp³-hybridized carbons (Fsp3) is 0.278. The van der Waals surface area contributed by atoms with Gasteiger partial charge >= 0.3 is 6.03 Å². The molecule has 2 fully saturated rings. The van der Waals surface area contributed by atoms with Crippen molar-refractivity contribution in [2.45, 2.75) is 12.5 Å². The van der Waals surface area contributed by atoms with Gasteiger partial charge in [0.05, 0.1) is 12.6 Å². The predicted octanol–water partition coefficient (Wildman–Crippen LogP) is 1.59. The van der Waals surface area contributed by atoms with E-state index in [9.17, 15) is 18.8 Å². The minimum atomic E-state index is -0.396. The summed E-state index contributed by atoms with van der Waals surface area (Å²) in [4.78, 5) is 42.1. The van der Waals surface area contributed by atoms with Gasteiger partial charge in [-0.25, -0.2) is 9.18 Å². The van der Waals surface area contributed by atoms with Crippen molar-refractivity contribution in [1.29, 1.82) is 0 Å². The number of likely N-dealkylation sites (tertiary alicyclic amines) is 1. The highest BCUT2D eigenvalue weighted by Gasteiger charge is 2.39. The van der Waals surface area contributed by atoms with Crippen LogP contribution < -0.4 is 5.32 Å². The molecule has 2 aliphatic rings. The van der Waals surface area contributed by atoms with Crippen LogP contribution in [0.15, 0.2) is 36.5 Å². The first kappa shape index (κ1) is 16.3. The lowest BCUT2D eigenvalue weighted by molar-refractivity contribution is -0.126. The first-order valence-electron chi connectivity index (χ1n) is 8.36. The summed E-state index contributed by atoms with van der Waals surface area (Å²) >= 11 is 0. The van der Waals surface area contributed by atoms with Gasteiger partial charge in [-0.05, 0) is 35.7 Å². The highest BCUT2D eigenvalue weighted by atomic mass is 19.1. The Bertz CT molecular complexity index is 861. The van der Waals surface area contributed by atoms with E-state index in [1.807, 2.05) is 0 Å². The van der Waals surface area contributed by atoms with Gasteiger partial charge in [-0.3, -0.25) is 14.5 Å². The topological polar surface area (TPSA) is 85.5 Å². The molecule has 1 aromatic heterocycles. The van der Waals surface area contributed by atoms with Gasteiger partial charge < -0.3 is 15.2 Å². The maximum atomic E-state index is 13.0. The Kier molecular flexibility index (Phi) is 3.95. The van der Waals surface area contributed by atoms with E-state index in [1.54, 1.807) is 29.3 Å². The summed E-state index contributed by atoms with van der Waals surface area (Å²) in [5.74, 6) is -0.759. The van der Waals surface area contributed by atoms with E-state index in [-0.39, 0.29) is 30.2 Å². The first-order valence-corrected chi connectivity index (χ1v) is 8.36. The number of carbonyl (C=O) groups is 3. The molecule has 3 heterocycles. The maximum absolute atomic E-state index is 13.0. The highest BCUT2D eigenvalue weighted by molar-refractivity contribution is 6.02. The molecule has 1 atom stereocenters. The number of rotatable bonds is 3. The Hall–Kier alpha value is -3.16. The largest absolute Gasteiger partial charge is 0.357 e. The van der Waals surface area contributed by atoms with Crippen molar-refractivity contribution in [1.82, 2.24) is 20.1 Å². The Balaban J connectivity index is 1.46. The third-order valence-corrected chi connectivity index (χ3v) is 4.79. The first-order chi connectivity index (χ1) is 12.5. The number of halogens is 1. The monoisotopic (exact) mass is 356 g/mol. The molecule has 8 heteroatoms. The van der Waals surface area contributed by atoms with Gasteiger partial charge in [0.2, 0.25) is 5.91 Å². The van der Waals surface area contributed by atoms with Gasteiger partial charge in [0.1, 0.15) is 11.5 Å². The summed E-state index contributed by atoms with van der Waals surface area (Å²) in [7, 11) is 0. The number of urea groups is 1. The average molecular weight is 356 g/mol. The molecule has 2 saturated heterocycles. The van der Waals surface area contributed by atoms with Crippen molar-refractivity contribution >= 4 is 17.8 Å². The molecule has 4 rings (SSSR count). The number of imide groups is 1. The maximum Gasteiger partial charge on any atom is 0.324 e. The molecule has 134 valence electrons. The Morgan fingerprint density at radius 2 is 1.92 bits per heavy atom. The lowest BCUT2D eigenvalue weighted by Crippen LogP contribution is -2.42. The van der Waals surface area contributed by atoms with Crippen molar-refractivity contribution in [3.63, 3.8) is 0 Å². The zero-order valence-corrected chi connectivity index (χ0v) is 13.9. The zero-order valence-electron chi connectivity index (χ0n) is 13.9. The van der Waals surface area contributed by atoms with Crippen molar-refractivity contribution < 1.29 is 18.8 Å². The second-order valence-corrected chi connectivity index (χ2v) is 6.43. The molecule has 0 aliphatic carbocycles. The fourth-order valence-electron chi connectivity index (χ4n) is 3.44. The summed E-state index contributed by atoms with van der Waals surface area (Å²) in [6.45, 7) is 0.815. The van der Waals surface area contributed by atoms with Crippen LogP contribution in [0.1, 0.15) is 16.9 Å². The van der Waals surface area contributed by atoms with Crippen LogP contribution >= 0.6 is 0 Å². The molecule has 0 spiro atoms. The number of carbonyl (C=O) groups excluding carboxylic acids is 3. The number of H-pyrrole nitrogens is 1. The predicted molar refractivity (Wildman–Crippen MR) is 90.7 cm³/mol. The molecule has 26 heavy (non-hydrogen) atoms. The minimum Gasteiger partial charge on any atom is -0.357 e. The summed E-state index contributed by atoms with van der Waals surface area (Å²) in [6, 6.07) is 7.07. The SMILES string of the molecule is O=C(c1cc(-c2ccc(F)cc2)c[nH]1)N1CCC(N2C(=O)CNC2=O)C1. The van der Waals surface area contributed by atoms with Crippen molar-refractivity contribution in [3.8, 4) is 11.1 Å². The molecule has 7 nitrogen and oxygen atoms in total. The number of nitrogens with zero attached hydrogens (tertiary/aromatic N) is 2. The molecular formula is C18H17FN4O3. The van der Waals surface area contributed by atoms with Crippen LogP contribution in [0.5, 0.6) is 0 Å². The second kappa shape index (κ2) is 6.29. The van der Waals surface area contributed by atoms with Gasteiger partial charge in [0, 0.05) is 19.3 Å². The van der Waals surface area contributed by atoms with E-state index in [0.717, 1.165) is 11.1 Å². The second-order valence-electron chi connectivity index (χ2n) is 6.43. The van der Waals surface area contributed by atoms with Crippen molar-refractivity contribution in [3.05, 3.63) is 48.0 Å². The van der Waals surface area contributed by atoms with E-state index < -0.39 is 6.03 Å². The number of benzene rings is 1. The molecule has 2 aromatic rings. The lowest BCUT2D eigenvalue weighted by Gasteiger charge is -2.21. The fourth-order valence-corrected chi connectivity index (χ4v) is 3.44. The summed E-state index contributed by atoms with van der Waals surface area (Å²) in [5.41, 5.74) is 2.01. The van der Waals surface area contributed by atoms with Crippen LogP contribution in [0.25, 0.3) is 11.1 Å². The summed E-state index contributed by atoms with van der Waals surface area (Å²) in [6.07, 6.45) is 2.27. The number of aromatic nitrogens is 1. The van der Waals surface area contributed by atoms with Gasteiger partial charge in [0.25, 0.3) is 5.91 Å². The molecule has 1 aromatic carbocycles. The summed E-state index contributed by atoms with van der Waals surface area (Å²) < 4.78 is 13.0. The highest BCUT2D eigenvalue weighted by Crippen LogP contribution is 2.23. The average Bonchev–Trinajstić information content (AvgIpc) is 3.35. The Morgan fingerprint density at radius 1 is 1.15 bits per heavy atom. The quantitative estimate of drug-likeness (QED) is 0.819. The van der Waals surface area contributed by atoms with E-state index in [1.165, 1.54) is 17.0 Å². The van der Waals surface area contributed by atoms with Crippen molar-refractivity contribution in [2.75, 3.05) is 19.6 Å². The number of nitrogens with one attached hydrogen (secondary N) is 2. The standard InChI is InChI=1S/C18H17FN4O3/c19-13-3-1-11(2-4-13)12-7-15(20-8-12)17(25)22-6-5-14(10-22)23-16(24)9-21-18(23)26/h1-4,7-8,14,20H,5-6,9-10H2,(H,21,26). The van der Waals surface area contributed by atoms with Gasteiger partial charge in [0.15, 0.2) is 0 Å². The number of amides is 4. The van der Waals surface area contributed by atoms with Crippen molar-refractivity contribution in [2.24, 2.45) is 0 Å². The molecule has 0 saturated carbocycles. The third-order valence-electron chi connectivity index (χ3n) is 4.79. The molecule has 2 N–H and O–H groups in total. The minimum absolute atomic E-state index is 0.0148. The number of hydrogen-bond acceptors (Lipinski definition) is 3. The molecule has 4 amide bonds. The van der Waals surface area contributed by atoms with Gasteiger partial charge in [-0.1, -0.05) is 12.1 Å². The van der Waals surface area contributed by atoms with Gasteiger partial charge in [-0.15, -0.1) is 0 Å². The molecule has 0 radical (unpaired) electrons. The summed E-state index contributed by atoms with van der Waals surface area (Å²) in [5, 5.41) is 2.50. The lowest BCUT2D eigenvalue weighted by atomic mass is 10.1. The van der Waals surface area contributed by atoms with Crippen LogP contribution in [0, 0.1) is 5.82 Å². The zero-order chi connectivity index (χ0) is 18.3. The third kappa shape index (κ3) is 2.83. The van der Waals surface area contributed by atoms with Crippen LogP contribution in [-0.4, -0.2) is 58.3 Å². The van der Waals surface area contributed by atoms with E-state index in [4.69, 9.17) is 0 Å². The van der Waals surface area contributed by atoms with E-state index in [2.05, 4.69) is 10.3 Å². The molecule has 1 unspecified atom stereocenters. The number of aromatic amines is 1. The number of hydrogen-bond donors (Lipinski definition) is 2. The van der Waals surface area contributed by atoms with E-state index in [0.29, 0.717) is 25.2 Å². The normalized spacial score (nSPS) is 20.0. The van der Waals surface area contributed by atoms with Gasteiger partial charge in [-0.2, -0.15) is 0 Å². The Labute approximate surface area is 148 Å². The van der Waals surface area contributed by atoms with Crippen LogP contribution in [-0.2, 0) is 4.79 Å². The van der Waals surface area contributed by atoms with Crippen LogP contribution in [0.3, 0.4) is 0 Å². The Morgan fingerprint density at radius 3 is 2.62 bits per heavy atom. The molecule has 0 bridgehead atoms. The van der Waals surface area contributed by atoms with Crippen LogP contribution in [0.2, 0.25) is 0 Å². The molecular weight excluding hydrogens is 339 g/mol. The van der Waals surface area contributed by atoms with Crippen LogP contribution in [0.4, 0.5) is 9.18 Å².